The first-order chi connectivity index (χ1) is 19.0. The van der Waals surface area contributed by atoms with E-state index in [1.165, 1.54) is 11.6 Å². The Morgan fingerprint density at radius 2 is 1.88 bits per heavy atom. The Bertz CT molecular complexity index is 1190. The van der Waals surface area contributed by atoms with Crippen LogP contribution in [0.3, 0.4) is 0 Å². The third-order valence-corrected chi connectivity index (χ3v) is 7.75. The number of ether oxygens (including phenoxy) is 2. The van der Waals surface area contributed by atoms with Crippen LogP contribution in [-0.2, 0) is 21.3 Å². The quantitative estimate of drug-likeness (QED) is 0.490. The minimum absolute atomic E-state index is 0.0419. The van der Waals surface area contributed by atoms with Crippen molar-refractivity contribution in [2.45, 2.75) is 64.8 Å². The van der Waals surface area contributed by atoms with E-state index < -0.39 is 16.1 Å². The number of benzene rings is 2. The molecule has 1 heterocycles. The number of nitrogens with one attached hydrogen (secondary N) is 1. The van der Waals surface area contributed by atoms with Crippen LogP contribution in [0.5, 0.6) is 5.75 Å². The van der Waals surface area contributed by atoms with Gasteiger partial charge < -0.3 is 19.5 Å². The van der Waals surface area contributed by atoms with Crippen LogP contribution in [0.2, 0.25) is 0 Å². The van der Waals surface area contributed by atoms with Gasteiger partial charge in [0.2, 0.25) is 10.0 Å². The fourth-order valence-corrected chi connectivity index (χ4v) is 5.48. The molecule has 3 rings (SSSR count). The van der Waals surface area contributed by atoms with Gasteiger partial charge in [0.15, 0.2) is 0 Å². The van der Waals surface area contributed by atoms with Crippen molar-refractivity contribution in [1.82, 2.24) is 9.80 Å². The average Bonchev–Trinajstić information content (AvgIpc) is 2.90. The molecule has 9 nitrogen and oxygen atoms in total. The number of aliphatic hydroxyl groups excluding tert-OH is 1. The monoisotopic (exact) mass is 575 g/mol. The van der Waals surface area contributed by atoms with E-state index in [1.807, 2.05) is 25.1 Å². The molecular formula is C30H45N3O6S. The minimum Gasteiger partial charge on any atom is -0.490 e. The topological polar surface area (TPSA) is 108 Å². The van der Waals surface area contributed by atoms with Crippen LogP contribution >= 0.6 is 0 Å². The summed E-state index contributed by atoms with van der Waals surface area (Å²) in [5, 5.41) is 10.1. The summed E-state index contributed by atoms with van der Waals surface area (Å²) in [4.78, 5) is 17.9. The fraction of sp³-hybridized carbons (Fsp3) is 0.567. The van der Waals surface area contributed by atoms with E-state index in [2.05, 4.69) is 35.7 Å². The maximum atomic E-state index is 14.1. The van der Waals surface area contributed by atoms with Crippen LogP contribution < -0.4 is 9.46 Å². The van der Waals surface area contributed by atoms with E-state index in [0.29, 0.717) is 25.4 Å². The highest BCUT2D eigenvalue weighted by molar-refractivity contribution is 7.92. The smallest absolute Gasteiger partial charge is 0.258 e. The molecule has 1 amide bonds. The second-order valence-corrected chi connectivity index (χ2v) is 12.8. The Balaban J connectivity index is 1.92. The van der Waals surface area contributed by atoms with Crippen LogP contribution in [0.25, 0.3) is 0 Å². The molecule has 2 aromatic carbocycles. The average molecular weight is 576 g/mol. The molecule has 2 aromatic rings. The largest absolute Gasteiger partial charge is 0.490 e. The summed E-state index contributed by atoms with van der Waals surface area (Å²) in [6.07, 6.45) is 3.36. The van der Waals surface area contributed by atoms with Crippen molar-refractivity contribution >= 4 is 21.6 Å². The van der Waals surface area contributed by atoms with Gasteiger partial charge in [0.1, 0.15) is 5.75 Å². The summed E-state index contributed by atoms with van der Waals surface area (Å²) in [5.74, 6) is 0.0210. The molecule has 4 atom stereocenters. The number of fused-ring (bicyclic) bond motifs is 1. The predicted octanol–water partition coefficient (Wildman–Crippen LogP) is 3.99. The molecule has 0 bridgehead atoms. The number of anilines is 1. The van der Waals surface area contributed by atoms with Crippen molar-refractivity contribution in [3.05, 3.63) is 59.7 Å². The lowest BCUT2D eigenvalue weighted by atomic mass is 10.0. The number of nitrogens with zero attached hydrogens (tertiary/aromatic N) is 2. The number of hydrogen-bond acceptors (Lipinski definition) is 7. The van der Waals surface area contributed by atoms with Gasteiger partial charge in [0, 0.05) is 37.8 Å². The summed E-state index contributed by atoms with van der Waals surface area (Å²) < 4.78 is 38.8. The van der Waals surface area contributed by atoms with Crippen molar-refractivity contribution in [3.8, 4) is 5.75 Å². The summed E-state index contributed by atoms with van der Waals surface area (Å²) in [7, 11) is -1.47. The molecule has 1 aliphatic heterocycles. The Morgan fingerprint density at radius 3 is 2.55 bits per heavy atom. The highest BCUT2D eigenvalue weighted by atomic mass is 32.2. The van der Waals surface area contributed by atoms with Crippen LogP contribution in [0.15, 0.2) is 48.5 Å². The molecule has 10 heteroatoms. The third kappa shape index (κ3) is 9.76. The molecule has 0 unspecified atom stereocenters. The Labute approximate surface area is 239 Å². The molecule has 2 N–H and O–H groups in total. The second-order valence-electron chi connectivity index (χ2n) is 11.1. The molecule has 0 saturated carbocycles. The zero-order chi connectivity index (χ0) is 29.3. The van der Waals surface area contributed by atoms with Crippen molar-refractivity contribution in [3.63, 3.8) is 0 Å². The summed E-state index contributed by atoms with van der Waals surface area (Å²) in [6, 6.07) is 14.5. The lowest BCUT2D eigenvalue weighted by molar-refractivity contribution is -0.0177. The first kappa shape index (κ1) is 31.9. The number of carbonyl (C=O) groups excluding carboxylic acids is 1. The van der Waals surface area contributed by atoms with Crippen molar-refractivity contribution in [1.29, 1.82) is 0 Å². The van der Waals surface area contributed by atoms with Gasteiger partial charge in [-0.1, -0.05) is 37.3 Å². The lowest BCUT2D eigenvalue weighted by Gasteiger charge is -2.36. The van der Waals surface area contributed by atoms with Crippen molar-refractivity contribution < 1.29 is 27.8 Å². The van der Waals surface area contributed by atoms with E-state index in [0.717, 1.165) is 32.1 Å². The molecule has 0 saturated heterocycles. The normalized spacial score (nSPS) is 22.2. The van der Waals surface area contributed by atoms with Crippen molar-refractivity contribution in [2.75, 3.05) is 44.3 Å². The molecule has 0 fully saturated rings. The van der Waals surface area contributed by atoms with E-state index in [4.69, 9.17) is 9.47 Å². The summed E-state index contributed by atoms with van der Waals surface area (Å²) >= 11 is 0. The zero-order valence-corrected chi connectivity index (χ0v) is 25.2. The number of amides is 1. The van der Waals surface area contributed by atoms with E-state index >= 15 is 0 Å². The SMILES string of the molecule is C[C@H]1CCCCO[C@@H](CN(C)Cc2ccccc2)[C@@H](C)CN([C@@H](C)CO)C(=O)c2cc(NS(C)(=O)=O)ccc2O1. The minimum atomic E-state index is -3.54. The van der Waals surface area contributed by atoms with Gasteiger partial charge in [-0.25, -0.2) is 8.42 Å². The number of likely N-dealkylation sites (N-methyl/N-ethyl adjacent to an activating group) is 1. The molecular weight excluding hydrogens is 530 g/mol. The second kappa shape index (κ2) is 14.8. The maximum absolute atomic E-state index is 14.1. The molecule has 0 aliphatic carbocycles. The number of rotatable bonds is 8. The summed E-state index contributed by atoms with van der Waals surface area (Å²) in [5.41, 5.74) is 1.75. The van der Waals surface area contributed by atoms with Gasteiger partial charge in [-0.3, -0.25) is 14.4 Å². The lowest BCUT2D eigenvalue weighted by Crippen LogP contribution is -2.47. The fourth-order valence-electron chi connectivity index (χ4n) is 4.93. The first-order valence-corrected chi connectivity index (χ1v) is 15.9. The molecule has 1 aliphatic rings. The first-order valence-electron chi connectivity index (χ1n) is 14.0. The van der Waals surface area contributed by atoms with Gasteiger partial charge in [-0.2, -0.15) is 0 Å². The molecule has 40 heavy (non-hydrogen) atoms. The molecule has 0 spiro atoms. The molecule has 0 radical (unpaired) electrons. The number of aliphatic hydroxyl groups is 1. The predicted molar refractivity (Wildman–Crippen MR) is 158 cm³/mol. The van der Waals surface area contributed by atoms with Crippen LogP contribution in [0.1, 0.15) is 56.0 Å². The van der Waals surface area contributed by atoms with Crippen LogP contribution in [-0.4, -0.2) is 87.1 Å². The van der Waals surface area contributed by atoms with Crippen molar-refractivity contribution in [2.24, 2.45) is 5.92 Å². The highest BCUT2D eigenvalue weighted by Gasteiger charge is 2.30. The van der Waals surface area contributed by atoms with Gasteiger partial charge in [-0.05, 0) is 63.9 Å². The number of carbonyl (C=O) groups is 1. The summed E-state index contributed by atoms with van der Waals surface area (Å²) in [6.45, 7) is 8.04. The Kier molecular flexibility index (Phi) is 11.8. The number of hydrogen-bond donors (Lipinski definition) is 2. The van der Waals surface area contributed by atoms with E-state index in [9.17, 15) is 18.3 Å². The van der Waals surface area contributed by atoms with E-state index in [1.54, 1.807) is 24.0 Å². The molecule has 222 valence electrons. The van der Waals surface area contributed by atoms with Gasteiger partial charge in [0.05, 0.1) is 36.7 Å². The van der Waals surface area contributed by atoms with Gasteiger partial charge in [0.25, 0.3) is 5.91 Å². The zero-order valence-electron chi connectivity index (χ0n) is 24.4. The highest BCUT2D eigenvalue weighted by Crippen LogP contribution is 2.29. The molecule has 0 aromatic heterocycles. The Morgan fingerprint density at radius 1 is 1.15 bits per heavy atom. The van der Waals surface area contributed by atoms with E-state index in [-0.39, 0.29) is 41.9 Å². The van der Waals surface area contributed by atoms with Crippen LogP contribution in [0, 0.1) is 5.92 Å². The van der Waals surface area contributed by atoms with Crippen LogP contribution in [0.4, 0.5) is 5.69 Å². The number of sulfonamides is 1. The third-order valence-electron chi connectivity index (χ3n) is 7.14. The maximum Gasteiger partial charge on any atom is 0.258 e. The van der Waals surface area contributed by atoms with Gasteiger partial charge in [-0.15, -0.1) is 0 Å². The standard InChI is InChI=1S/C30H45N3O6S/c1-22-18-33(23(2)21-34)30(35)27-17-26(31-40(5,36)37)14-15-28(27)39-24(3)11-9-10-16-38-29(22)20-32(4)19-25-12-7-6-8-13-25/h6-8,12-15,17,22-24,29,31,34H,9-11,16,18-21H2,1-5H3/t22-,23-,24-,29-/m0/s1. The Hall–Kier alpha value is -2.66. The van der Waals surface area contributed by atoms with Gasteiger partial charge >= 0.3 is 0 Å².